The van der Waals surface area contributed by atoms with Gasteiger partial charge in [-0.25, -0.2) is 0 Å². The third-order valence-corrected chi connectivity index (χ3v) is 6.70. The summed E-state index contributed by atoms with van der Waals surface area (Å²) in [5.74, 6) is 2.33. The van der Waals surface area contributed by atoms with E-state index in [1.54, 1.807) is 26.2 Å². The molecule has 0 aromatic heterocycles. The van der Waals surface area contributed by atoms with Crippen LogP contribution in [0.15, 0.2) is 53.1 Å². The molecule has 31 heavy (non-hydrogen) atoms. The number of hydrogen-bond donors (Lipinski definition) is 0. The van der Waals surface area contributed by atoms with Crippen molar-refractivity contribution in [1.29, 1.82) is 5.26 Å². The number of carbonyl (C=O) groups is 1. The summed E-state index contributed by atoms with van der Waals surface area (Å²) in [6.45, 7) is 0.414. The molecular formula is C23H23N3O4S. The lowest BCUT2D eigenvalue weighted by Crippen LogP contribution is -2.47. The highest BCUT2D eigenvalue weighted by Gasteiger charge is 2.38. The molecule has 0 spiro atoms. The monoisotopic (exact) mass is 437 g/mol. The molecule has 2 aromatic rings. The molecule has 0 saturated carbocycles. The standard InChI is InChI=1S/C23H23N3O4S/c1-28-17-7-5-16(6-8-17)25-13-26-22(27)11-18(19(12-24)23(26)31-14-25)15-4-9-20(29-2)21(10-15)30-3/h4-10,18H,11,13-14H2,1-3H3/t18-/m1/s1. The zero-order valence-corrected chi connectivity index (χ0v) is 18.4. The van der Waals surface area contributed by atoms with Crippen molar-refractivity contribution in [1.82, 2.24) is 4.90 Å². The van der Waals surface area contributed by atoms with Gasteiger partial charge in [0.15, 0.2) is 11.5 Å². The quantitative estimate of drug-likeness (QED) is 0.701. The molecule has 1 saturated heterocycles. The number of rotatable bonds is 5. The molecule has 2 aliphatic rings. The van der Waals surface area contributed by atoms with E-state index in [9.17, 15) is 10.1 Å². The Kier molecular flexibility index (Phi) is 5.96. The van der Waals surface area contributed by atoms with E-state index in [1.807, 2.05) is 42.5 Å². The van der Waals surface area contributed by atoms with Gasteiger partial charge in [0.2, 0.25) is 5.91 Å². The van der Waals surface area contributed by atoms with Gasteiger partial charge in [-0.15, -0.1) is 0 Å². The maximum Gasteiger partial charge on any atom is 0.229 e. The molecule has 160 valence electrons. The number of benzene rings is 2. The first kappa shape index (κ1) is 20.9. The molecule has 0 N–H and O–H groups in total. The SMILES string of the molecule is COc1ccc(N2CSC3=C(C#N)[C@@H](c4ccc(OC)c(OC)c4)CC(=O)N3C2)cc1. The van der Waals surface area contributed by atoms with Gasteiger partial charge in [-0.3, -0.25) is 9.69 Å². The second-order valence-electron chi connectivity index (χ2n) is 7.18. The molecular weight excluding hydrogens is 414 g/mol. The highest BCUT2D eigenvalue weighted by atomic mass is 32.2. The molecule has 0 bridgehead atoms. The molecule has 2 aromatic carbocycles. The first-order chi connectivity index (χ1) is 15.1. The molecule has 8 heteroatoms. The van der Waals surface area contributed by atoms with E-state index < -0.39 is 0 Å². The second kappa shape index (κ2) is 8.82. The van der Waals surface area contributed by atoms with Gasteiger partial charge >= 0.3 is 0 Å². The zero-order valence-electron chi connectivity index (χ0n) is 17.6. The number of amides is 1. The highest BCUT2D eigenvalue weighted by Crippen LogP contribution is 2.44. The van der Waals surface area contributed by atoms with Crippen LogP contribution < -0.4 is 19.1 Å². The summed E-state index contributed by atoms with van der Waals surface area (Å²) in [6, 6.07) is 15.7. The first-order valence-corrected chi connectivity index (χ1v) is 10.8. The van der Waals surface area contributed by atoms with Crippen LogP contribution in [0, 0.1) is 11.3 Å². The van der Waals surface area contributed by atoms with Crippen molar-refractivity contribution >= 4 is 23.4 Å². The molecule has 2 aliphatic heterocycles. The predicted octanol–water partition coefficient (Wildman–Crippen LogP) is 3.93. The maximum absolute atomic E-state index is 13.1. The van der Waals surface area contributed by atoms with Gasteiger partial charge in [0.05, 0.1) is 50.5 Å². The molecule has 0 aliphatic carbocycles. The van der Waals surface area contributed by atoms with Crippen LogP contribution in [0.3, 0.4) is 0 Å². The van der Waals surface area contributed by atoms with E-state index in [1.165, 1.54) is 11.8 Å². The summed E-state index contributed by atoms with van der Waals surface area (Å²) in [4.78, 5) is 16.9. The van der Waals surface area contributed by atoms with Crippen LogP contribution in [0.4, 0.5) is 5.69 Å². The van der Waals surface area contributed by atoms with Gasteiger partial charge in [0, 0.05) is 18.0 Å². The van der Waals surface area contributed by atoms with Gasteiger partial charge in [0.1, 0.15) is 5.75 Å². The Morgan fingerprint density at radius 3 is 2.42 bits per heavy atom. The van der Waals surface area contributed by atoms with Gasteiger partial charge in [-0.05, 0) is 42.0 Å². The third-order valence-electron chi connectivity index (χ3n) is 5.54. The van der Waals surface area contributed by atoms with Crippen molar-refractivity contribution < 1.29 is 19.0 Å². The van der Waals surface area contributed by atoms with Crippen LogP contribution in [0.2, 0.25) is 0 Å². The van der Waals surface area contributed by atoms with Crippen molar-refractivity contribution in [2.45, 2.75) is 12.3 Å². The average molecular weight is 438 g/mol. The summed E-state index contributed by atoms with van der Waals surface area (Å²) in [5.41, 5.74) is 2.49. The zero-order chi connectivity index (χ0) is 22.0. The van der Waals surface area contributed by atoms with E-state index in [4.69, 9.17) is 14.2 Å². The van der Waals surface area contributed by atoms with Gasteiger partial charge in [-0.1, -0.05) is 17.8 Å². The minimum absolute atomic E-state index is 0.000466. The fourth-order valence-corrected chi connectivity index (χ4v) is 5.04. The molecule has 1 amide bonds. The Morgan fingerprint density at radius 2 is 1.77 bits per heavy atom. The number of anilines is 1. The van der Waals surface area contributed by atoms with Gasteiger partial charge in [-0.2, -0.15) is 5.26 Å². The lowest BCUT2D eigenvalue weighted by Gasteiger charge is -2.42. The minimum Gasteiger partial charge on any atom is -0.497 e. The summed E-state index contributed by atoms with van der Waals surface area (Å²) >= 11 is 1.51. The third kappa shape index (κ3) is 3.89. The maximum atomic E-state index is 13.1. The van der Waals surface area contributed by atoms with Gasteiger partial charge < -0.3 is 19.1 Å². The predicted molar refractivity (Wildman–Crippen MR) is 119 cm³/mol. The van der Waals surface area contributed by atoms with Crippen molar-refractivity contribution in [3.8, 4) is 23.3 Å². The first-order valence-electron chi connectivity index (χ1n) is 9.78. The second-order valence-corrected chi connectivity index (χ2v) is 8.11. The molecule has 4 rings (SSSR count). The highest BCUT2D eigenvalue weighted by molar-refractivity contribution is 8.03. The minimum atomic E-state index is -0.302. The number of carbonyl (C=O) groups excluding carboxylic acids is 1. The van der Waals surface area contributed by atoms with Crippen LogP contribution in [0.5, 0.6) is 17.2 Å². The number of fused-ring (bicyclic) bond motifs is 1. The fraction of sp³-hybridized carbons (Fsp3) is 0.304. The van der Waals surface area contributed by atoms with Crippen molar-refractivity contribution in [3.63, 3.8) is 0 Å². The number of methoxy groups -OCH3 is 3. The van der Waals surface area contributed by atoms with Crippen molar-refractivity contribution in [2.24, 2.45) is 0 Å². The molecule has 0 unspecified atom stereocenters. The Labute approximate surface area is 185 Å². The van der Waals surface area contributed by atoms with Crippen LogP contribution in [-0.4, -0.2) is 44.7 Å². The smallest absolute Gasteiger partial charge is 0.229 e. The molecule has 7 nitrogen and oxygen atoms in total. The number of hydrogen-bond acceptors (Lipinski definition) is 7. The van der Waals surface area contributed by atoms with Crippen LogP contribution in [0.25, 0.3) is 0 Å². The number of thioether (sulfide) groups is 1. The summed E-state index contributed by atoms with van der Waals surface area (Å²) in [7, 11) is 4.78. The Hall–Kier alpha value is -3.31. The topological polar surface area (TPSA) is 75.0 Å². The van der Waals surface area contributed by atoms with E-state index >= 15 is 0 Å². The molecule has 1 atom stereocenters. The Balaban J connectivity index is 1.64. The number of allylic oxidation sites excluding steroid dienone is 1. The van der Waals surface area contributed by atoms with Gasteiger partial charge in [0.25, 0.3) is 0 Å². The Bertz CT molecular complexity index is 1060. The Morgan fingerprint density at radius 1 is 1.03 bits per heavy atom. The van der Waals surface area contributed by atoms with E-state index in [0.29, 0.717) is 29.6 Å². The number of nitrogens with zero attached hydrogens (tertiary/aromatic N) is 3. The fourth-order valence-electron chi connectivity index (χ4n) is 3.87. The van der Waals surface area contributed by atoms with Crippen LogP contribution >= 0.6 is 11.8 Å². The lowest BCUT2D eigenvalue weighted by molar-refractivity contribution is -0.129. The number of ether oxygens (including phenoxy) is 3. The van der Waals surface area contributed by atoms with E-state index in [0.717, 1.165) is 22.0 Å². The van der Waals surface area contributed by atoms with Crippen molar-refractivity contribution in [3.05, 3.63) is 58.6 Å². The van der Waals surface area contributed by atoms with E-state index in [2.05, 4.69) is 11.0 Å². The van der Waals surface area contributed by atoms with Crippen molar-refractivity contribution in [2.75, 3.05) is 38.8 Å². The normalized spacial score (nSPS) is 18.4. The summed E-state index contributed by atoms with van der Waals surface area (Å²) < 4.78 is 15.9. The average Bonchev–Trinajstić information content (AvgIpc) is 2.83. The van der Waals surface area contributed by atoms with Crippen LogP contribution in [-0.2, 0) is 4.79 Å². The molecule has 0 radical (unpaired) electrons. The number of nitriles is 1. The summed E-state index contributed by atoms with van der Waals surface area (Å²) in [6.07, 6.45) is 0.235. The molecule has 2 heterocycles. The van der Waals surface area contributed by atoms with E-state index in [-0.39, 0.29) is 18.2 Å². The van der Waals surface area contributed by atoms with Crippen LogP contribution in [0.1, 0.15) is 17.9 Å². The molecule has 1 fully saturated rings. The lowest BCUT2D eigenvalue weighted by atomic mass is 9.86. The summed E-state index contributed by atoms with van der Waals surface area (Å²) in [5, 5.41) is 10.7. The largest absolute Gasteiger partial charge is 0.497 e.